The van der Waals surface area contributed by atoms with Crippen LogP contribution in [0.1, 0.15) is 12.8 Å². The van der Waals surface area contributed by atoms with E-state index in [9.17, 15) is 10.0 Å². The van der Waals surface area contributed by atoms with Crippen molar-refractivity contribution in [3.05, 3.63) is 17.6 Å². The quantitative estimate of drug-likeness (QED) is 0.149. The van der Waals surface area contributed by atoms with Gasteiger partial charge in [-0.05, 0) is 6.42 Å². The molecule has 0 saturated carbocycles. The third kappa shape index (κ3) is 6.47. The molecular formula is C12H19NO5. The Hall–Kier alpha value is -1.26. The highest BCUT2D eigenvalue weighted by atomic mass is 17.2. The third-order valence-corrected chi connectivity index (χ3v) is 2.22. The fourth-order valence-corrected chi connectivity index (χ4v) is 1.33. The molecule has 0 heterocycles. The molecule has 18 heavy (non-hydrogen) atoms. The van der Waals surface area contributed by atoms with Crippen molar-refractivity contribution in [3.63, 3.8) is 0 Å². The second-order valence-electron chi connectivity index (χ2n) is 3.48. The van der Waals surface area contributed by atoms with E-state index in [1.807, 2.05) is 0 Å². The lowest BCUT2D eigenvalue weighted by molar-refractivity contribution is -0.274. The summed E-state index contributed by atoms with van der Waals surface area (Å²) < 4.78 is 5.40. The number of hydrogen-bond donors (Lipinski definition) is 1. The maximum atomic E-state index is 10.7. The molecule has 1 N–H and O–H groups in total. The number of hydrogen-bond acceptors (Lipinski definition) is 6. The Bertz CT molecular complexity index is 276. The van der Waals surface area contributed by atoms with Gasteiger partial charge in [-0.1, -0.05) is 11.3 Å². The minimum atomic E-state index is -0.996. The van der Waals surface area contributed by atoms with Crippen LogP contribution in [0, 0.1) is 17.3 Å². The van der Waals surface area contributed by atoms with Gasteiger partial charge < -0.3 is 9.84 Å². The van der Waals surface area contributed by atoms with Crippen LogP contribution in [-0.2, 0) is 14.5 Å². The first-order chi connectivity index (χ1) is 8.71. The highest BCUT2D eigenvalue weighted by Crippen LogP contribution is 2.13. The Labute approximate surface area is 107 Å². The minimum Gasteiger partial charge on any atom is -0.386 e. The Morgan fingerprint density at radius 1 is 1.56 bits per heavy atom. The standard InChI is InChI=1S/C12H19NO5/c1-4-7-10(13-15)12(11(14)5-2)17-8-6-9-18-16-3/h1,5,10-12,14H,2,6-9H2,3H3/t10-,11?,12-/m1/s1. The predicted octanol–water partition coefficient (Wildman–Crippen LogP) is 1.04. The summed E-state index contributed by atoms with van der Waals surface area (Å²) >= 11 is 0. The molecule has 0 bridgehead atoms. The molecule has 0 radical (unpaired) electrons. The molecule has 0 amide bonds. The second-order valence-corrected chi connectivity index (χ2v) is 3.48. The van der Waals surface area contributed by atoms with Crippen LogP contribution in [0.4, 0.5) is 0 Å². The van der Waals surface area contributed by atoms with Crippen molar-refractivity contribution in [2.45, 2.75) is 31.1 Å². The van der Waals surface area contributed by atoms with Crippen molar-refractivity contribution < 1.29 is 19.6 Å². The van der Waals surface area contributed by atoms with Gasteiger partial charge in [-0.2, -0.15) is 4.91 Å². The highest BCUT2D eigenvalue weighted by molar-refractivity contribution is 4.98. The number of nitroso groups, excluding NO2 is 1. The van der Waals surface area contributed by atoms with Crippen LogP contribution in [0.3, 0.4) is 0 Å². The number of ether oxygens (including phenoxy) is 1. The summed E-state index contributed by atoms with van der Waals surface area (Å²) in [7, 11) is 1.41. The first kappa shape index (κ1) is 16.7. The van der Waals surface area contributed by atoms with Gasteiger partial charge in [-0.3, -0.25) is 0 Å². The van der Waals surface area contributed by atoms with Gasteiger partial charge in [0.2, 0.25) is 0 Å². The molecule has 0 rings (SSSR count). The fraction of sp³-hybridized carbons (Fsp3) is 0.667. The van der Waals surface area contributed by atoms with Crippen molar-refractivity contribution in [2.75, 3.05) is 20.3 Å². The topological polar surface area (TPSA) is 77.4 Å². The number of terminal acetylenes is 1. The summed E-state index contributed by atoms with van der Waals surface area (Å²) in [5, 5.41) is 12.6. The Morgan fingerprint density at radius 2 is 2.28 bits per heavy atom. The van der Waals surface area contributed by atoms with Crippen LogP contribution in [0.2, 0.25) is 0 Å². The van der Waals surface area contributed by atoms with Crippen LogP contribution in [-0.4, -0.2) is 43.7 Å². The zero-order valence-electron chi connectivity index (χ0n) is 10.4. The van der Waals surface area contributed by atoms with Gasteiger partial charge >= 0.3 is 0 Å². The normalized spacial score (nSPS) is 15.4. The predicted molar refractivity (Wildman–Crippen MR) is 66.6 cm³/mol. The number of nitrogens with zero attached hydrogens (tertiary/aromatic N) is 1. The largest absolute Gasteiger partial charge is 0.386 e. The lowest BCUT2D eigenvalue weighted by Gasteiger charge is -2.24. The maximum absolute atomic E-state index is 10.7. The zero-order valence-corrected chi connectivity index (χ0v) is 10.4. The van der Waals surface area contributed by atoms with Gasteiger partial charge in [0, 0.05) is 13.0 Å². The molecule has 0 aromatic heterocycles. The first-order valence-corrected chi connectivity index (χ1v) is 5.55. The SMILES string of the molecule is C#CC[C@@H](N=O)[C@@H](OCCCOOC)C(O)C=C. The van der Waals surface area contributed by atoms with E-state index < -0.39 is 18.2 Å². The van der Waals surface area contributed by atoms with E-state index >= 15 is 0 Å². The monoisotopic (exact) mass is 257 g/mol. The summed E-state index contributed by atoms with van der Waals surface area (Å²) in [6, 6.07) is -0.800. The third-order valence-electron chi connectivity index (χ3n) is 2.22. The Kier molecular flexibility index (Phi) is 10.1. The summed E-state index contributed by atoms with van der Waals surface area (Å²) in [5.74, 6) is 2.33. The number of rotatable bonds is 11. The van der Waals surface area contributed by atoms with Gasteiger partial charge in [0.1, 0.15) is 18.2 Å². The van der Waals surface area contributed by atoms with E-state index in [2.05, 4.69) is 27.5 Å². The van der Waals surface area contributed by atoms with E-state index in [1.165, 1.54) is 13.2 Å². The van der Waals surface area contributed by atoms with E-state index in [0.717, 1.165) is 0 Å². The Balaban J connectivity index is 4.26. The molecule has 0 spiro atoms. The zero-order chi connectivity index (χ0) is 13.8. The molecule has 0 fully saturated rings. The second kappa shape index (κ2) is 10.9. The van der Waals surface area contributed by atoms with Crippen molar-refractivity contribution in [3.8, 4) is 12.3 Å². The summed E-state index contributed by atoms with van der Waals surface area (Å²) in [4.78, 5) is 19.7. The lowest BCUT2D eigenvalue weighted by atomic mass is 10.0. The number of aliphatic hydroxyl groups excluding tert-OH is 1. The minimum absolute atomic E-state index is 0.105. The highest BCUT2D eigenvalue weighted by Gasteiger charge is 2.28. The molecule has 1 unspecified atom stereocenters. The van der Waals surface area contributed by atoms with E-state index in [-0.39, 0.29) is 13.0 Å². The Morgan fingerprint density at radius 3 is 2.78 bits per heavy atom. The van der Waals surface area contributed by atoms with Crippen molar-refractivity contribution in [1.29, 1.82) is 0 Å². The van der Waals surface area contributed by atoms with E-state index in [4.69, 9.17) is 11.2 Å². The summed E-state index contributed by atoms with van der Waals surface area (Å²) in [6.45, 7) is 4.08. The summed E-state index contributed by atoms with van der Waals surface area (Å²) in [6.07, 6.45) is 5.28. The van der Waals surface area contributed by atoms with Crippen molar-refractivity contribution in [1.82, 2.24) is 0 Å². The van der Waals surface area contributed by atoms with E-state index in [0.29, 0.717) is 13.0 Å². The van der Waals surface area contributed by atoms with Crippen LogP contribution < -0.4 is 0 Å². The van der Waals surface area contributed by atoms with Crippen LogP contribution in [0.5, 0.6) is 0 Å². The van der Waals surface area contributed by atoms with Gasteiger partial charge in [0.25, 0.3) is 0 Å². The average molecular weight is 257 g/mol. The number of aliphatic hydroxyl groups is 1. The molecule has 0 aliphatic rings. The first-order valence-electron chi connectivity index (χ1n) is 5.55. The molecule has 102 valence electrons. The van der Waals surface area contributed by atoms with E-state index in [1.54, 1.807) is 0 Å². The summed E-state index contributed by atoms with van der Waals surface area (Å²) in [5.41, 5.74) is 0. The maximum Gasteiger partial charge on any atom is 0.132 e. The van der Waals surface area contributed by atoms with Crippen LogP contribution in [0.25, 0.3) is 0 Å². The van der Waals surface area contributed by atoms with Gasteiger partial charge in [0.15, 0.2) is 0 Å². The molecule has 0 aliphatic heterocycles. The molecule has 6 nitrogen and oxygen atoms in total. The van der Waals surface area contributed by atoms with Crippen molar-refractivity contribution in [2.24, 2.45) is 5.18 Å². The molecule has 0 aliphatic carbocycles. The van der Waals surface area contributed by atoms with Gasteiger partial charge in [0.05, 0.1) is 13.7 Å². The average Bonchev–Trinajstić information content (AvgIpc) is 2.40. The van der Waals surface area contributed by atoms with Gasteiger partial charge in [-0.25, -0.2) is 9.78 Å². The van der Waals surface area contributed by atoms with Crippen LogP contribution >= 0.6 is 0 Å². The molecule has 6 heteroatoms. The molecular weight excluding hydrogens is 238 g/mol. The van der Waals surface area contributed by atoms with Crippen molar-refractivity contribution >= 4 is 0 Å². The lowest BCUT2D eigenvalue weighted by Crippen LogP contribution is -2.37. The molecule has 0 aromatic rings. The van der Waals surface area contributed by atoms with Crippen LogP contribution in [0.15, 0.2) is 17.8 Å². The smallest absolute Gasteiger partial charge is 0.132 e. The van der Waals surface area contributed by atoms with Gasteiger partial charge in [-0.15, -0.1) is 18.9 Å². The fourth-order valence-electron chi connectivity index (χ4n) is 1.33. The molecule has 3 atom stereocenters. The molecule has 0 aromatic carbocycles. The molecule has 0 saturated heterocycles.